The van der Waals surface area contributed by atoms with E-state index in [-0.39, 0.29) is 5.91 Å². The van der Waals surface area contributed by atoms with Crippen LogP contribution in [0.25, 0.3) is 0 Å². The molecule has 0 spiro atoms. The highest BCUT2D eigenvalue weighted by molar-refractivity contribution is 9.10. The van der Waals surface area contributed by atoms with Crippen LogP contribution in [0.1, 0.15) is 17.4 Å². The van der Waals surface area contributed by atoms with Crippen molar-refractivity contribution in [3.8, 4) is 0 Å². The number of halogens is 1. The van der Waals surface area contributed by atoms with Gasteiger partial charge in [-0.25, -0.2) is 4.98 Å². The summed E-state index contributed by atoms with van der Waals surface area (Å²) in [6, 6.07) is 1.70. The highest BCUT2D eigenvalue weighted by Gasteiger charge is 2.33. The van der Waals surface area contributed by atoms with E-state index in [0.717, 1.165) is 4.47 Å². The van der Waals surface area contributed by atoms with Crippen LogP contribution in [0.3, 0.4) is 0 Å². The molecule has 14 heavy (non-hydrogen) atoms. The van der Waals surface area contributed by atoms with E-state index in [9.17, 15) is 9.00 Å². The second-order valence-corrected chi connectivity index (χ2v) is 6.75. The summed E-state index contributed by atoms with van der Waals surface area (Å²) in [6.45, 7) is 1.79. The van der Waals surface area contributed by atoms with Crippen LogP contribution in [0.15, 0.2) is 21.6 Å². The Hall–Kier alpha value is -0.750. The van der Waals surface area contributed by atoms with E-state index in [1.165, 1.54) is 6.20 Å². The van der Waals surface area contributed by atoms with Gasteiger partial charge in [0.25, 0.3) is 5.91 Å². The van der Waals surface area contributed by atoms with Crippen molar-refractivity contribution in [2.45, 2.75) is 11.8 Å². The molecule has 1 aromatic rings. The Morgan fingerprint density at radius 3 is 3.00 bits per heavy atom. The van der Waals surface area contributed by atoms with Crippen LogP contribution < -0.4 is 4.72 Å². The number of hydrogen-bond donors (Lipinski definition) is 2. The number of nitrogens with zero attached hydrogens (tertiary/aromatic N) is 1. The number of rotatable bonds is 1. The van der Waals surface area contributed by atoms with Gasteiger partial charge >= 0.3 is 0 Å². The fourth-order valence-electron chi connectivity index (χ4n) is 1.41. The molecule has 2 heterocycles. The molecule has 0 saturated heterocycles. The quantitative estimate of drug-likeness (QED) is 0.750. The summed E-state index contributed by atoms with van der Waals surface area (Å²) in [5.74, 6) is 0.0850. The van der Waals surface area contributed by atoms with Gasteiger partial charge in [-0.15, -0.1) is 0 Å². The molecule has 1 aliphatic heterocycles. The number of nitrogens with one attached hydrogen (secondary N) is 1. The minimum atomic E-state index is -2.72. The first-order valence-corrected chi connectivity index (χ1v) is 6.83. The zero-order chi connectivity index (χ0) is 10.3. The minimum absolute atomic E-state index is 0.290. The van der Waals surface area contributed by atoms with Crippen molar-refractivity contribution in [3.05, 3.63) is 22.4 Å². The monoisotopic (exact) mass is 276 g/mol. The molecule has 0 aromatic carbocycles. The van der Waals surface area contributed by atoms with E-state index >= 15 is 0 Å². The zero-order valence-electron chi connectivity index (χ0n) is 7.45. The molecular weight excluding hydrogens is 268 g/mol. The molecule has 1 aliphatic rings. The molecule has 0 saturated carbocycles. The highest BCUT2D eigenvalue weighted by atomic mass is 79.9. The van der Waals surface area contributed by atoms with Crippen LogP contribution in [0.2, 0.25) is 0 Å². The van der Waals surface area contributed by atoms with E-state index in [1.54, 1.807) is 13.0 Å². The van der Waals surface area contributed by atoms with Gasteiger partial charge in [0.1, 0.15) is 5.69 Å². The van der Waals surface area contributed by atoms with E-state index in [4.69, 9.17) is 0 Å². The number of pyridine rings is 1. The molecule has 1 N–H and O–H groups in total. The predicted octanol–water partition coefficient (Wildman–Crippen LogP) is 0.898. The maximum atomic E-state index is 12.2. The van der Waals surface area contributed by atoms with E-state index in [2.05, 4.69) is 25.6 Å². The molecule has 76 valence electrons. The van der Waals surface area contributed by atoms with Crippen LogP contribution in [0.5, 0.6) is 0 Å². The van der Waals surface area contributed by atoms with Gasteiger partial charge in [-0.1, -0.05) is 6.92 Å². The Kier molecular flexibility index (Phi) is 2.19. The second-order valence-electron chi connectivity index (χ2n) is 3.02. The Labute approximate surface area is 90.8 Å². The molecule has 0 aliphatic carbocycles. The number of hydrogen-bond acceptors (Lipinski definition) is 3. The number of amides is 1. The number of carbonyl (C=O) groups excluding carboxylic acids is 1. The summed E-state index contributed by atoms with van der Waals surface area (Å²) in [4.78, 5) is 15.9. The normalized spacial score (nSPS) is 20.0. The van der Waals surface area contributed by atoms with Crippen molar-refractivity contribution >= 4 is 32.0 Å². The summed E-state index contributed by atoms with van der Waals surface area (Å²) in [6.07, 6.45) is 1.53. The Bertz CT molecular complexity index is 461. The lowest BCUT2D eigenvalue weighted by Crippen LogP contribution is -2.30. The third kappa shape index (κ3) is 1.29. The summed E-state index contributed by atoms with van der Waals surface area (Å²) in [7, 11) is -2.72. The first kappa shape index (κ1) is 9.79. The maximum Gasteiger partial charge on any atom is 0.281 e. The maximum absolute atomic E-state index is 12.2. The number of aromatic nitrogens is 1. The fourth-order valence-corrected chi connectivity index (χ4v) is 3.82. The summed E-state index contributed by atoms with van der Waals surface area (Å²) < 4.78 is 15.4. The molecule has 0 atom stereocenters. The molecule has 1 aromatic heterocycles. The number of thiol groups is 1. The number of carbonyl (C=O) groups is 1. The van der Waals surface area contributed by atoms with Gasteiger partial charge in [0.15, 0.2) is 0 Å². The van der Waals surface area contributed by atoms with Gasteiger partial charge in [-0.05, 0) is 32.1 Å². The molecule has 4 nitrogen and oxygen atoms in total. The van der Waals surface area contributed by atoms with Crippen molar-refractivity contribution in [2.75, 3.05) is 5.75 Å². The van der Waals surface area contributed by atoms with Crippen LogP contribution in [-0.2, 0) is 10.1 Å². The van der Waals surface area contributed by atoms with Crippen molar-refractivity contribution in [2.24, 2.45) is 0 Å². The van der Waals surface area contributed by atoms with Crippen LogP contribution in [-0.4, -0.2) is 20.9 Å². The topological polar surface area (TPSA) is 59.1 Å². The third-order valence-corrected chi connectivity index (χ3v) is 5.17. The lowest BCUT2D eigenvalue weighted by atomic mass is 10.3. The van der Waals surface area contributed by atoms with Gasteiger partial charge in [0.05, 0.1) is 4.90 Å². The second kappa shape index (κ2) is 3.13. The molecular formula is C8H9BrN2O2S. The number of fused-ring (bicyclic) bond motifs is 1. The van der Waals surface area contributed by atoms with Crippen molar-refractivity contribution in [1.82, 2.24) is 9.71 Å². The van der Waals surface area contributed by atoms with Gasteiger partial charge in [-0.2, -0.15) is 0 Å². The fraction of sp³-hybridized carbons (Fsp3) is 0.250. The van der Waals surface area contributed by atoms with Crippen LogP contribution in [0, 0.1) is 0 Å². The van der Waals surface area contributed by atoms with Gasteiger partial charge in [0.2, 0.25) is 0 Å². The van der Waals surface area contributed by atoms with Crippen molar-refractivity contribution in [3.63, 3.8) is 0 Å². The van der Waals surface area contributed by atoms with Gasteiger partial charge < -0.3 is 0 Å². The molecule has 0 bridgehead atoms. The molecule has 0 fully saturated rings. The van der Waals surface area contributed by atoms with Gasteiger partial charge in [0, 0.05) is 16.4 Å². The summed E-state index contributed by atoms with van der Waals surface area (Å²) in [5.41, 5.74) is 0.290. The first-order valence-electron chi connectivity index (χ1n) is 4.14. The van der Waals surface area contributed by atoms with Crippen molar-refractivity contribution in [1.29, 1.82) is 0 Å². The molecule has 6 heteroatoms. The van der Waals surface area contributed by atoms with E-state index in [0.29, 0.717) is 16.3 Å². The van der Waals surface area contributed by atoms with E-state index < -0.39 is 10.1 Å². The Balaban J connectivity index is 2.68. The average Bonchev–Trinajstić information content (AvgIpc) is 2.40. The predicted molar refractivity (Wildman–Crippen MR) is 57.7 cm³/mol. The van der Waals surface area contributed by atoms with Crippen LogP contribution in [0.4, 0.5) is 0 Å². The smallest absolute Gasteiger partial charge is 0.281 e. The molecule has 0 unspecified atom stereocenters. The zero-order valence-corrected chi connectivity index (χ0v) is 9.93. The standard InChI is InChI=1S/C8H9BrN2O2S/c1-2-14(13)6-3-5(9)4-10-7(6)8(12)11-14/h3-4,14H,2H2,1H3,(H,11,12,13). The molecule has 0 radical (unpaired) electrons. The SMILES string of the molecule is CC[SH]1(=O)NC(=O)c2ncc(Br)cc21. The summed E-state index contributed by atoms with van der Waals surface area (Å²) >= 11 is 3.24. The lowest BCUT2D eigenvalue weighted by molar-refractivity contribution is 0.0980. The van der Waals surface area contributed by atoms with Crippen molar-refractivity contribution < 1.29 is 9.00 Å². The van der Waals surface area contributed by atoms with Gasteiger partial charge in [-0.3, -0.25) is 13.7 Å². The summed E-state index contributed by atoms with van der Waals surface area (Å²) in [5, 5.41) is 0. The first-order chi connectivity index (χ1) is 6.57. The van der Waals surface area contributed by atoms with E-state index in [1.807, 2.05) is 0 Å². The minimum Gasteiger partial charge on any atom is -0.288 e. The Morgan fingerprint density at radius 2 is 2.36 bits per heavy atom. The Morgan fingerprint density at radius 1 is 1.64 bits per heavy atom. The molecule has 2 rings (SSSR count). The largest absolute Gasteiger partial charge is 0.288 e. The highest BCUT2D eigenvalue weighted by Crippen LogP contribution is 2.28. The third-order valence-electron chi connectivity index (χ3n) is 2.17. The molecule has 1 amide bonds. The van der Waals surface area contributed by atoms with Crippen LogP contribution >= 0.6 is 15.9 Å². The average molecular weight is 277 g/mol. The lowest BCUT2D eigenvalue weighted by Gasteiger charge is -2.15.